The Morgan fingerprint density at radius 2 is 1.72 bits per heavy atom. The number of carbonyl (C=O) groups excluding carboxylic acids is 2. The van der Waals surface area contributed by atoms with Gasteiger partial charge in [0, 0.05) is 26.2 Å². The van der Waals surface area contributed by atoms with Crippen LogP contribution in [0.2, 0.25) is 0 Å². The lowest BCUT2D eigenvalue weighted by molar-refractivity contribution is -0.143. The maximum absolute atomic E-state index is 13.3. The molecule has 3 heterocycles. The number of benzene rings is 1. The van der Waals surface area contributed by atoms with E-state index in [0.717, 1.165) is 10.4 Å². The maximum Gasteiger partial charge on any atom is 0.245 e. The SMILES string of the molecule is CC(C(=O)N1CCN(C(=O)C(C)(C)c2ccccc2)CC1)n1c(-c2cccs2)n[nH]c1=S. The molecule has 168 valence electrons. The zero-order valence-electron chi connectivity index (χ0n) is 18.4. The molecule has 7 nitrogen and oxygen atoms in total. The smallest absolute Gasteiger partial charge is 0.245 e. The molecule has 1 aliphatic rings. The molecule has 0 bridgehead atoms. The van der Waals surface area contributed by atoms with Gasteiger partial charge in [0.2, 0.25) is 11.8 Å². The van der Waals surface area contributed by atoms with Crippen molar-refractivity contribution in [3.63, 3.8) is 0 Å². The molecule has 1 fully saturated rings. The van der Waals surface area contributed by atoms with Gasteiger partial charge >= 0.3 is 0 Å². The number of aromatic nitrogens is 3. The van der Waals surface area contributed by atoms with E-state index in [4.69, 9.17) is 12.2 Å². The molecule has 1 N–H and O–H groups in total. The molecule has 0 spiro atoms. The molecule has 1 unspecified atom stereocenters. The van der Waals surface area contributed by atoms with Gasteiger partial charge in [-0.2, -0.15) is 5.10 Å². The van der Waals surface area contributed by atoms with Gasteiger partial charge < -0.3 is 9.80 Å². The Morgan fingerprint density at radius 3 is 2.34 bits per heavy atom. The summed E-state index contributed by atoms with van der Waals surface area (Å²) in [5.74, 6) is 0.736. The summed E-state index contributed by atoms with van der Waals surface area (Å²) in [6.07, 6.45) is 0. The normalized spacial score (nSPS) is 15.6. The van der Waals surface area contributed by atoms with Crippen LogP contribution >= 0.6 is 23.6 Å². The molecular weight excluding hydrogens is 442 g/mol. The van der Waals surface area contributed by atoms with Gasteiger partial charge in [-0.3, -0.25) is 19.3 Å². The Balaban J connectivity index is 1.44. The van der Waals surface area contributed by atoms with Crippen molar-refractivity contribution in [2.75, 3.05) is 26.2 Å². The summed E-state index contributed by atoms with van der Waals surface area (Å²) in [7, 11) is 0. The summed E-state index contributed by atoms with van der Waals surface area (Å²) < 4.78 is 2.20. The van der Waals surface area contributed by atoms with Crippen molar-refractivity contribution in [3.8, 4) is 10.7 Å². The van der Waals surface area contributed by atoms with Crippen LogP contribution in [0.1, 0.15) is 32.4 Å². The van der Waals surface area contributed by atoms with Gasteiger partial charge in [-0.25, -0.2) is 0 Å². The maximum atomic E-state index is 13.3. The fraction of sp³-hybridized carbons (Fsp3) is 0.391. The Kier molecular flexibility index (Phi) is 6.30. The minimum atomic E-state index is -0.611. The largest absolute Gasteiger partial charge is 0.338 e. The van der Waals surface area contributed by atoms with Crippen LogP contribution in [0, 0.1) is 4.77 Å². The van der Waals surface area contributed by atoms with Crippen molar-refractivity contribution >= 4 is 35.4 Å². The Labute approximate surface area is 196 Å². The first-order valence-corrected chi connectivity index (χ1v) is 11.9. The van der Waals surface area contributed by atoms with Crippen molar-refractivity contribution < 1.29 is 9.59 Å². The molecule has 3 aromatic rings. The van der Waals surface area contributed by atoms with E-state index in [1.54, 1.807) is 15.9 Å². The standard InChI is InChI=1S/C23H27N5O2S2/c1-16(28-19(24-25-22(28)31)18-10-7-15-32-18)20(29)26-11-13-27(14-12-26)21(30)23(2,3)17-8-5-4-6-9-17/h4-10,15-16H,11-14H2,1-3H3,(H,25,31). The van der Waals surface area contributed by atoms with Crippen LogP contribution in [0.5, 0.6) is 0 Å². The number of aromatic amines is 1. The van der Waals surface area contributed by atoms with E-state index in [1.807, 2.05) is 78.4 Å². The molecule has 2 amide bonds. The summed E-state index contributed by atoms with van der Waals surface area (Å²) in [4.78, 5) is 31.1. The number of nitrogens with one attached hydrogen (secondary N) is 1. The molecule has 32 heavy (non-hydrogen) atoms. The van der Waals surface area contributed by atoms with Crippen LogP contribution in [0.3, 0.4) is 0 Å². The zero-order valence-corrected chi connectivity index (χ0v) is 20.1. The summed E-state index contributed by atoms with van der Waals surface area (Å²) in [5.41, 5.74) is 0.382. The topological polar surface area (TPSA) is 74.2 Å². The summed E-state index contributed by atoms with van der Waals surface area (Å²) in [6.45, 7) is 7.79. The van der Waals surface area contributed by atoms with Gasteiger partial charge in [0.15, 0.2) is 10.6 Å². The Bertz CT molecular complexity index is 1140. The highest BCUT2D eigenvalue weighted by Gasteiger charge is 2.36. The number of hydrogen-bond donors (Lipinski definition) is 1. The lowest BCUT2D eigenvalue weighted by atomic mass is 9.83. The van der Waals surface area contributed by atoms with Gasteiger partial charge in [-0.05, 0) is 50.0 Å². The van der Waals surface area contributed by atoms with Crippen molar-refractivity contribution in [3.05, 3.63) is 58.2 Å². The van der Waals surface area contributed by atoms with Gasteiger partial charge in [0.1, 0.15) is 6.04 Å². The first-order chi connectivity index (χ1) is 15.3. The number of thiophene rings is 1. The molecule has 0 saturated carbocycles. The number of nitrogens with zero attached hydrogens (tertiary/aromatic N) is 4. The molecule has 1 aromatic carbocycles. The molecule has 1 aliphatic heterocycles. The van der Waals surface area contributed by atoms with Gasteiger partial charge in [0.05, 0.1) is 10.3 Å². The fourth-order valence-corrected chi connectivity index (χ4v) is 5.12. The molecule has 1 saturated heterocycles. The number of hydrogen-bond acceptors (Lipinski definition) is 5. The van der Waals surface area contributed by atoms with E-state index in [2.05, 4.69) is 10.2 Å². The lowest BCUT2D eigenvalue weighted by Gasteiger charge is -2.39. The highest BCUT2D eigenvalue weighted by Crippen LogP contribution is 2.28. The summed E-state index contributed by atoms with van der Waals surface area (Å²) in [5, 5.41) is 9.12. The molecular formula is C23H27N5O2S2. The Morgan fingerprint density at radius 1 is 1.06 bits per heavy atom. The van der Waals surface area contributed by atoms with Crippen LogP contribution in [-0.2, 0) is 15.0 Å². The second-order valence-corrected chi connectivity index (χ2v) is 9.82. The average molecular weight is 470 g/mol. The van der Waals surface area contributed by atoms with E-state index in [9.17, 15) is 9.59 Å². The number of piperazine rings is 1. The molecule has 4 rings (SSSR count). The van der Waals surface area contributed by atoms with Crippen LogP contribution in [0.4, 0.5) is 0 Å². The van der Waals surface area contributed by atoms with E-state index in [0.29, 0.717) is 36.8 Å². The van der Waals surface area contributed by atoms with E-state index in [1.165, 1.54) is 0 Å². The van der Waals surface area contributed by atoms with E-state index in [-0.39, 0.29) is 11.8 Å². The fourth-order valence-electron chi connectivity index (χ4n) is 4.12. The minimum Gasteiger partial charge on any atom is -0.338 e. The quantitative estimate of drug-likeness (QED) is 0.576. The molecule has 0 aliphatic carbocycles. The number of rotatable bonds is 5. The van der Waals surface area contributed by atoms with E-state index >= 15 is 0 Å². The zero-order chi connectivity index (χ0) is 22.9. The summed E-state index contributed by atoms with van der Waals surface area (Å²) in [6, 6.07) is 13.2. The minimum absolute atomic E-state index is 0.0188. The molecule has 1 atom stereocenters. The molecule has 0 radical (unpaired) electrons. The van der Waals surface area contributed by atoms with Crippen LogP contribution in [0.25, 0.3) is 10.7 Å². The average Bonchev–Trinajstić information content (AvgIpc) is 3.48. The van der Waals surface area contributed by atoms with Gasteiger partial charge in [-0.15, -0.1) is 11.3 Å². The summed E-state index contributed by atoms with van der Waals surface area (Å²) >= 11 is 6.96. The van der Waals surface area contributed by atoms with E-state index < -0.39 is 11.5 Å². The Hall–Kier alpha value is -2.78. The lowest BCUT2D eigenvalue weighted by Crippen LogP contribution is -2.55. The first kappa shape index (κ1) is 22.4. The van der Waals surface area contributed by atoms with Crippen LogP contribution < -0.4 is 0 Å². The highest BCUT2D eigenvalue weighted by molar-refractivity contribution is 7.71. The monoisotopic (exact) mass is 469 g/mol. The second kappa shape index (κ2) is 8.99. The van der Waals surface area contributed by atoms with Crippen molar-refractivity contribution in [1.29, 1.82) is 0 Å². The van der Waals surface area contributed by atoms with Crippen molar-refractivity contribution in [2.45, 2.75) is 32.2 Å². The van der Waals surface area contributed by atoms with Gasteiger partial charge in [0.25, 0.3) is 0 Å². The number of carbonyl (C=O) groups is 2. The van der Waals surface area contributed by atoms with Crippen LogP contribution in [0.15, 0.2) is 47.8 Å². The second-order valence-electron chi connectivity index (χ2n) is 8.48. The molecule has 2 aromatic heterocycles. The van der Waals surface area contributed by atoms with Gasteiger partial charge in [-0.1, -0.05) is 36.4 Å². The van der Waals surface area contributed by atoms with Crippen molar-refractivity contribution in [2.24, 2.45) is 0 Å². The predicted octanol–water partition coefficient (Wildman–Crippen LogP) is 3.88. The third kappa shape index (κ3) is 4.14. The number of amides is 2. The third-order valence-corrected chi connectivity index (χ3v) is 7.25. The van der Waals surface area contributed by atoms with Crippen molar-refractivity contribution in [1.82, 2.24) is 24.6 Å². The molecule has 9 heteroatoms. The number of H-pyrrole nitrogens is 1. The highest BCUT2D eigenvalue weighted by atomic mass is 32.1. The first-order valence-electron chi connectivity index (χ1n) is 10.6. The third-order valence-electron chi connectivity index (χ3n) is 6.10. The predicted molar refractivity (Wildman–Crippen MR) is 128 cm³/mol. The van der Waals surface area contributed by atoms with Crippen LogP contribution in [-0.4, -0.2) is 62.6 Å².